The summed E-state index contributed by atoms with van der Waals surface area (Å²) in [7, 11) is 1.79. The number of rotatable bonds is 4. The van der Waals surface area contributed by atoms with Gasteiger partial charge in [-0.25, -0.2) is 9.67 Å². The molecule has 2 aromatic heterocycles. The van der Waals surface area contributed by atoms with E-state index in [1.165, 1.54) is 6.33 Å². The minimum atomic E-state index is -0.0725. The third-order valence-corrected chi connectivity index (χ3v) is 4.35. The van der Waals surface area contributed by atoms with Crippen molar-refractivity contribution in [2.75, 3.05) is 7.05 Å². The molecule has 0 spiro atoms. The zero-order valence-corrected chi connectivity index (χ0v) is 14.9. The van der Waals surface area contributed by atoms with Crippen LogP contribution >= 0.6 is 15.9 Å². The van der Waals surface area contributed by atoms with Crippen molar-refractivity contribution in [1.29, 1.82) is 0 Å². The van der Waals surface area contributed by atoms with Crippen LogP contribution in [0.5, 0.6) is 0 Å². The average molecular weight is 386 g/mol. The Hall–Kier alpha value is -2.54. The Morgan fingerprint density at radius 2 is 1.96 bits per heavy atom. The lowest BCUT2D eigenvalue weighted by atomic mass is 10.1. The van der Waals surface area contributed by atoms with Gasteiger partial charge in [0.25, 0.3) is 5.91 Å². The maximum atomic E-state index is 12.6. The molecule has 2 heterocycles. The van der Waals surface area contributed by atoms with E-state index in [0.717, 1.165) is 15.7 Å². The average Bonchev–Trinajstić information content (AvgIpc) is 3.14. The number of hydrogen-bond acceptors (Lipinski definition) is 4. The number of carbonyl (C=O) groups is 1. The standard InChI is InChI=1S/C17H16BrN5O/c1-12(22(2)17(24)14-7-15(18)9-19-8-14)13-3-5-16(6-4-13)23-11-20-10-21-23/h3-12H,1-2H3. The van der Waals surface area contributed by atoms with Crippen molar-refractivity contribution < 1.29 is 4.79 Å². The van der Waals surface area contributed by atoms with Gasteiger partial charge in [0.2, 0.25) is 0 Å². The Balaban J connectivity index is 1.78. The number of nitrogens with zero attached hydrogens (tertiary/aromatic N) is 5. The van der Waals surface area contributed by atoms with E-state index in [-0.39, 0.29) is 11.9 Å². The van der Waals surface area contributed by atoms with Gasteiger partial charge in [-0.15, -0.1) is 0 Å². The minimum absolute atomic E-state index is 0.0683. The van der Waals surface area contributed by atoms with Crippen molar-refractivity contribution in [1.82, 2.24) is 24.6 Å². The number of hydrogen-bond donors (Lipinski definition) is 0. The first kappa shape index (κ1) is 16.3. The van der Waals surface area contributed by atoms with Crippen molar-refractivity contribution in [3.63, 3.8) is 0 Å². The molecule has 0 saturated heterocycles. The number of amides is 1. The Labute approximate surface area is 148 Å². The topological polar surface area (TPSA) is 63.9 Å². The maximum absolute atomic E-state index is 12.6. The number of pyridine rings is 1. The van der Waals surface area contributed by atoms with Gasteiger partial charge in [-0.1, -0.05) is 12.1 Å². The van der Waals surface area contributed by atoms with Crippen LogP contribution in [0.15, 0.2) is 59.9 Å². The molecule has 3 aromatic rings. The number of benzene rings is 1. The lowest BCUT2D eigenvalue weighted by Crippen LogP contribution is -2.29. The first-order valence-corrected chi connectivity index (χ1v) is 8.18. The van der Waals surface area contributed by atoms with Crippen LogP contribution in [0.2, 0.25) is 0 Å². The second-order valence-electron chi connectivity index (χ2n) is 5.42. The molecule has 0 saturated carbocycles. The molecule has 0 aliphatic rings. The van der Waals surface area contributed by atoms with Gasteiger partial charge in [0, 0.05) is 23.9 Å². The molecule has 0 aliphatic heterocycles. The summed E-state index contributed by atoms with van der Waals surface area (Å²) in [5, 5.41) is 4.10. The van der Waals surface area contributed by atoms with Gasteiger partial charge in [-0.2, -0.15) is 5.10 Å². The normalized spacial score (nSPS) is 12.0. The highest BCUT2D eigenvalue weighted by molar-refractivity contribution is 9.10. The zero-order chi connectivity index (χ0) is 17.1. The molecule has 122 valence electrons. The third-order valence-electron chi connectivity index (χ3n) is 3.91. The van der Waals surface area contributed by atoms with Gasteiger partial charge < -0.3 is 4.90 Å². The van der Waals surface area contributed by atoms with Gasteiger partial charge in [-0.3, -0.25) is 9.78 Å². The van der Waals surface area contributed by atoms with Gasteiger partial charge in [0.05, 0.1) is 17.3 Å². The Morgan fingerprint density at radius 3 is 2.58 bits per heavy atom. The summed E-state index contributed by atoms with van der Waals surface area (Å²) in [5.74, 6) is -0.0725. The van der Waals surface area contributed by atoms with E-state index in [4.69, 9.17) is 0 Å². The SMILES string of the molecule is CC(c1ccc(-n2cncn2)cc1)N(C)C(=O)c1cncc(Br)c1. The summed E-state index contributed by atoms with van der Waals surface area (Å²) in [6.07, 6.45) is 6.37. The zero-order valence-electron chi connectivity index (χ0n) is 13.3. The van der Waals surface area contributed by atoms with Gasteiger partial charge in [0.1, 0.15) is 12.7 Å². The van der Waals surface area contributed by atoms with Crippen molar-refractivity contribution >= 4 is 21.8 Å². The number of carbonyl (C=O) groups excluding carboxylic acids is 1. The summed E-state index contributed by atoms with van der Waals surface area (Å²) < 4.78 is 2.47. The smallest absolute Gasteiger partial charge is 0.255 e. The molecule has 7 heteroatoms. The molecule has 0 bridgehead atoms. The van der Waals surface area contributed by atoms with Gasteiger partial charge in [-0.05, 0) is 46.6 Å². The van der Waals surface area contributed by atoms with E-state index >= 15 is 0 Å². The van der Waals surface area contributed by atoms with E-state index < -0.39 is 0 Å². The molecule has 6 nitrogen and oxygen atoms in total. The van der Waals surface area contributed by atoms with E-state index in [1.807, 2.05) is 31.2 Å². The summed E-state index contributed by atoms with van der Waals surface area (Å²) in [4.78, 5) is 22.3. The predicted molar refractivity (Wildman–Crippen MR) is 93.8 cm³/mol. The van der Waals surface area contributed by atoms with Crippen molar-refractivity contribution in [2.45, 2.75) is 13.0 Å². The second kappa shape index (κ2) is 6.92. The van der Waals surface area contributed by atoms with Crippen LogP contribution in [0.3, 0.4) is 0 Å². The highest BCUT2D eigenvalue weighted by Gasteiger charge is 2.19. The molecule has 0 radical (unpaired) electrons. The van der Waals surface area contributed by atoms with Crippen LogP contribution in [0.1, 0.15) is 28.9 Å². The van der Waals surface area contributed by atoms with Crippen molar-refractivity contribution in [3.8, 4) is 5.69 Å². The fourth-order valence-electron chi connectivity index (χ4n) is 2.38. The lowest BCUT2D eigenvalue weighted by molar-refractivity contribution is 0.0742. The summed E-state index contributed by atoms with van der Waals surface area (Å²) in [6, 6.07) is 9.60. The molecule has 3 rings (SSSR count). The van der Waals surface area contributed by atoms with E-state index in [2.05, 4.69) is 31.0 Å². The first-order chi connectivity index (χ1) is 11.6. The van der Waals surface area contributed by atoms with E-state index in [9.17, 15) is 4.79 Å². The maximum Gasteiger partial charge on any atom is 0.255 e. The molecule has 0 aliphatic carbocycles. The minimum Gasteiger partial charge on any atom is -0.335 e. The Morgan fingerprint density at radius 1 is 1.21 bits per heavy atom. The summed E-state index contributed by atoms with van der Waals surface area (Å²) >= 11 is 3.34. The lowest BCUT2D eigenvalue weighted by Gasteiger charge is -2.25. The van der Waals surface area contributed by atoms with Crippen LogP contribution < -0.4 is 0 Å². The van der Waals surface area contributed by atoms with Gasteiger partial charge >= 0.3 is 0 Å². The first-order valence-electron chi connectivity index (χ1n) is 7.39. The molecular weight excluding hydrogens is 370 g/mol. The van der Waals surface area contributed by atoms with Gasteiger partial charge in [0.15, 0.2) is 0 Å². The van der Waals surface area contributed by atoms with Crippen molar-refractivity contribution in [3.05, 3.63) is 71.0 Å². The predicted octanol–water partition coefficient (Wildman–Crippen LogP) is 3.26. The molecule has 1 amide bonds. The quantitative estimate of drug-likeness (QED) is 0.691. The fourth-order valence-corrected chi connectivity index (χ4v) is 2.74. The third kappa shape index (κ3) is 3.35. The summed E-state index contributed by atoms with van der Waals surface area (Å²) in [5.41, 5.74) is 2.52. The number of aromatic nitrogens is 4. The van der Waals surface area contributed by atoms with Crippen molar-refractivity contribution in [2.24, 2.45) is 0 Å². The molecule has 1 unspecified atom stereocenters. The highest BCUT2D eigenvalue weighted by Crippen LogP contribution is 2.22. The van der Waals surface area contributed by atoms with Crippen LogP contribution in [0.4, 0.5) is 0 Å². The Kier molecular flexibility index (Phi) is 4.71. The van der Waals surface area contributed by atoms with E-state index in [1.54, 1.807) is 41.4 Å². The van der Waals surface area contributed by atoms with E-state index in [0.29, 0.717) is 5.56 Å². The molecule has 24 heavy (non-hydrogen) atoms. The van der Waals surface area contributed by atoms with Crippen LogP contribution in [0.25, 0.3) is 5.69 Å². The molecule has 1 atom stereocenters. The molecule has 1 aromatic carbocycles. The molecule has 0 N–H and O–H groups in total. The van der Waals surface area contributed by atoms with Crippen LogP contribution in [-0.4, -0.2) is 37.6 Å². The van der Waals surface area contributed by atoms with Crippen LogP contribution in [-0.2, 0) is 0 Å². The fraction of sp³-hybridized carbons (Fsp3) is 0.176. The monoisotopic (exact) mass is 385 g/mol. The van der Waals surface area contributed by atoms with Crippen LogP contribution in [0, 0.1) is 0 Å². The second-order valence-corrected chi connectivity index (χ2v) is 6.33. The summed E-state index contributed by atoms with van der Waals surface area (Å²) in [6.45, 7) is 1.99. The molecule has 0 fully saturated rings. The largest absolute Gasteiger partial charge is 0.335 e. The highest BCUT2D eigenvalue weighted by atomic mass is 79.9. The molecular formula is C17H16BrN5O. The Bertz CT molecular complexity index is 832. The number of halogens is 1.